The molecule has 0 aliphatic heterocycles. The molecule has 0 aliphatic rings. The van der Waals surface area contributed by atoms with Gasteiger partial charge in [-0.05, 0) is 0 Å². The summed E-state index contributed by atoms with van der Waals surface area (Å²) in [4.78, 5) is 2.42. The molecule has 0 bridgehead atoms. The van der Waals surface area contributed by atoms with Crippen molar-refractivity contribution in [3.8, 4) is 0 Å². The Bertz CT molecular complexity index is 35.2. The Balaban J connectivity index is 2.83. The van der Waals surface area contributed by atoms with Crippen molar-refractivity contribution in [3.63, 3.8) is 0 Å². The molecule has 0 saturated heterocycles. The minimum atomic E-state index is 0.100. The Kier molecular flexibility index (Phi) is 5.51. The summed E-state index contributed by atoms with van der Waals surface area (Å²) in [6.45, 7) is 4.65. The van der Waals surface area contributed by atoms with Gasteiger partial charge in [-0.25, -0.2) is 0 Å². The van der Waals surface area contributed by atoms with Crippen LogP contribution in [0.4, 0.5) is 0 Å². The Morgan fingerprint density at radius 3 is 2.29 bits per heavy atom. The number of hydrogen-bond donors (Lipinski definition) is 0. The van der Waals surface area contributed by atoms with Crippen LogP contribution in [0.15, 0.2) is 0 Å². The van der Waals surface area contributed by atoms with Crippen molar-refractivity contribution < 1.29 is 0 Å². The average molecular weight is 205 g/mol. The van der Waals surface area contributed by atoms with Crippen LogP contribution < -0.4 is 0 Å². The van der Waals surface area contributed by atoms with E-state index in [0.29, 0.717) is 0 Å². The third kappa shape index (κ3) is 4.66. The molecule has 0 rings (SSSR count). The van der Waals surface area contributed by atoms with E-state index in [2.05, 4.69) is 18.8 Å². The van der Waals surface area contributed by atoms with E-state index in [1.807, 2.05) is 0 Å². The molecule has 7 heavy (non-hydrogen) atoms. The molecule has 0 saturated carbocycles. The van der Waals surface area contributed by atoms with Crippen LogP contribution in [0.5, 0.6) is 0 Å². The van der Waals surface area contributed by atoms with E-state index < -0.39 is 0 Å². The molecule has 0 fully saturated rings. The van der Waals surface area contributed by atoms with Gasteiger partial charge in [0.05, 0.1) is 0 Å². The molecule has 0 spiro atoms. The van der Waals surface area contributed by atoms with E-state index in [0.717, 1.165) is 3.93 Å². The van der Waals surface area contributed by atoms with E-state index in [9.17, 15) is 0 Å². The average Bonchev–Trinajstić information content (AvgIpc) is 1.68. The summed E-state index contributed by atoms with van der Waals surface area (Å²) < 4.78 is 1.12. The van der Waals surface area contributed by atoms with Gasteiger partial charge < -0.3 is 0 Å². The Morgan fingerprint density at radius 1 is 1.57 bits per heavy atom. The maximum atomic E-state index is 2.42. The van der Waals surface area contributed by atoms with Gasteiger partial charge in [0.1, 0.15) is 0 Å². The van der Waals surface area contributed by atoms with Crippen molar-refractivity contribution in [1.82, 2.24) is 0 Å². The van der Waals surface area contributed by atoms with Gasteiger partial charge in [-0.15, -0.1) is 0 Å². The van der Waals surface area contributed by atoms with Crippen LogP contribution in [-0.2, 0) is 0 Å². The molecule has 1 heteroatoms. The van der Waals surface area contributed by atoms with E-state index in [4.69, 9.17) is 0 Å². The van der Waals surface area contributed by atoms with Crippen LogP contribution in [0.2, 0.25) is 8.87 Å². The molecule has 0 aromatic heterocycles. The van der Waals surface area contributed by atoms with Crippen molar-refractivity contribution in [2.24, 2.45) is 0 Å². The molecule has 0 aliphatic carbocycles. The van der Waals surface area contributed by atoms with Crippen molar-refractivity contribution in [2.75, 3.05) is 0 Å². The van der Waals surface area contributed by atoms with E-state index in [-0.39, 0.29) is 21.1 Å². The topological polar surface area (TPSA) is 0 Å². The van der Waals surface area contributed by atoms with Gasteiger partial charge in [0.15, 0.2) is 0 Å². The Morgan fingerprint density at radius 2 is 2.14 bits per heavy atom. The maximum absolute atomic E-state index is 2.42. The summed E-state index contributed by atoms with van der Waals surface area (Å²) in [5, 5.41) is 0. The van der Waals surface area contributed by atoms with Crippen LogP contribution in [-0.4, -0.2) is 21.1 Å². The fourth-order valence-electron chi connectivity index (χ4n) is 0.577. The normalized spacial score (nSPS) is 14.1. The van der Waals surface area contributed by atoms with Crippen LogP contribution >= 0.6 is 0 Å². The summed E-state index contributed by atoms with van der Waals surface area (Å²) in [7, 11) is 0. The Hall–Kier alpha value is 0.799. The third-order valence-corrected chi connectivity index (χ3v) is 4.85. The molecule has 0 aromatic carbocycles. The van der Waals surface area contributed by atoms with Crippen molar-refractivity contribution >= 4 is 21.1 Å². The van der Waals surface area contributed by atoms with Gasteiger partial charge in [0, 0.05) is 0 Å². The van der Waals surface area contributed by atoms with Crippen LogP contribution in [0.25, 0.3) is 0 Å². The van der Waals surface area contributed by atoms with E-state index >= 15 is 0 Å². The Labute approximate surface area is 56.9 Å². The summed E-state index contributed by atoms with van der Waals surface area (Å²) in [5.74, 6) is 0. The first-order valence-electron chi connectivity index (χ1n) is 2.98. The quantitative estimate of drug-likeness (QED) is 0.620. The van der Waals surface area contributed by atoms with Crippen molar-refractivity contribution in [2.45, 2.75) is 35.6 Å². The van der Waals surface area contributed by atoms with Crippen molar-refractivity contribution in [1.29, 1.82) is 0 Å². The summed E-state index contributed by atoms with van der Waals surface area (Å²) >= 11 is 0.100. The fourth-order valence-corrected chi connectivity index (χ4v) is 2.23. The SMILES string of the molecule is CCC[CH](C)[Sn][CH3]. The summed E-state index contributed by atoms with van der Waals surface area (Å²) in [6.07, 6.45) is 2.86. The second-order valence-corrected chi connectivity index (χ2v) is 6.44. The van der Waals surface area contributed by atoms with Crippen molar-refractivity contribution in [3.05, 3.63) is 0 Å². The predicted molar refractivity (Wildman–Crippen MR) is 35.9 cm³/mol. The van der Waals surface area contributed by atoms with Crippen LogP contribution in [0, 0.1) is 0 Å². The number of rotatable bonds is 3. The molecule has 1 unspecified atom stereocenters. The third-order valence-electron chi connectivity index (χ3n) is 1.21. The first-order valence-corrected chi connectivity index (χ1v) is 7.48. The van der Waals surface area contributed by atoms with Gasteiger partial charge >= 0.3 is 56.7 Å². The molecule has 2 radical (unpaired) electrons. The standard InChI is InChI=1S/C5H11.CH3.Sn/c1-3-5-4-2;;/h3H,4-5H2,1-2H3;1H3;. The molecule has 0 nitrogen and oxygen atoms in total. The van der Waals surface area contributed by atoms with E-state index in [1.165, 1.54) is 12.8 Å². The first kappa shape index (κ1) is 7.80. The monoisotopic (exact) mass is 206 g/mol. The van der Waals surface area contributed by atoms with E-state index in [1.54, 1.807) is 0 Å². The molecule has 0 amide bonds. The molecule has 0 N–H and O–H groups in total. The van der Waals surface area contributed by atoms with Gasteiger partial charge in [-0.1, -0.05) is 0 Å². The van der Waals surface area contributed by atoms with Gasteiger partial charge in [-0.2, -0.15) is 0 Å². The van der Waals surface area contributed by atoms with Crippen LogP contribution in [0.3, 0.4) is 0 Å². The molecular formula is C6H14Sn. The molecule has 0 heterocycles. The zero-order valence-electron chi connectivity index (χ0n) is 5.49. The second-order valence-electron chi connectivity index (χ2n) is 1.98. The summed E-state index contributed by atoms with van der Waals surface area (Å²) in [5.41, 5.74) is 0. The van der Waals surface area contributed by atoms with Gasteiger partial charge in [0.2, 0.25) is 0 Å². The minimum absolute atomic E-state index is 0.100. The summed E-state index contributed by atoms with van der Waals surface area (Å²) in [6, 6.07) is 0. The van der Waals surface area contributed by atoms with Gasteiger partial charge in [-0.3, -0.25) is 0 Å². The zero-order valence-corrected chi connectivity index (χ0v) is 8.35. The molecule has 0 aromatic rings. The second kappa shape index (κ2) is 4.95. The molecule has 1 atom stereocenters. The molecule has 42 valence electrons. The zero-order chi connectivity index (χ0) is 5.70. The predicted octanol–water partition coefficient (Wildman–Crippen LogP) is 2.35. The van der Waals surface area contributed by atoms with Gasteiger partial charge in [0.25, 0.3) is 0 Å². The molecular weight excluding hydrogens is 191 g/mol. The van der Waals surface area contributed by atoms with Crippen LogP contribution in [0.1, 0.15) is 26.7 Å². The number of hydrogen-bond acceptors (Lipinski definition) is 0. The first-order chi connectivity index (χ1) is 3.31. The fraction of sp³-hybridized carbons (Fsp3) is 1.00.